The molecule has 2 rings (SSSR count). The SMILES string of the molecule is CNc1nc(C2CC2C)ncc1I. The highest BCUT2D eigenvalue weighted by atomic mass is 127. The molecule has 0 saturated heterocycles. The summed E-state index contributed by atoms with van der Waals surface area (Å²) in [6, 6.07) is 0. The molecule has 1 saturated carbocycles. The van der Waals surface area contributed by atoms with Crippen LogP contribution < -0.4 is 5.32 Å². The van der Waals surface area contributed by atoms with Crippen LogP contribution >= 0.6 is 22.6 Å². The quantitative estimate of drug-likeness (QED) is 0.849. The molecule has 0 aromatic carbocycles. The predicted octanol–water partition coefficient (Wildman–Crippen LogP) is 2.25. The van der Waals surface area contributed by atoms with Crippen LogP contribution in [-0.2, 0) is 0 Å². The van der Waals surface area contributed by atoms with Gasteiger partial charge in [0.25, 0.3) is 0 Å². The number of hydrogen-bond donors (Lipinski definition) is 1. The predicted molar refractivity (Wildman–Crippen MR) is 60.8 cm³/mol. The van der Waals surface area contributed by atoms with Crippen molar-refractivity contribution < 1.29 is 0 Å². The Labute approximate surface area is 91.5 Å². The van der Waals surface area contributed by atoms with Gasteiger partial charge < -0.3 is 5.32 Å². The third-order valence-corrected chi connectivity index (χ3v) is 3.23. The van der Waals surface area contributed by atoms with Gasteiger partial charge in [-0.25, -0.2) is 9.97 Å². The van der Waals surface area contributed by atoms with Crippen LogP contribution in [0.5, 0.6) is 0 Å². The summed E-state index contributed by atoms with van der Waals surface area (Å²) in [5.74, 6) is 3.32. The summed E-state index contributed by atoms with van der Waals surface area (Å²) in [6.45, 7) is 2.24. The molecule has 1 aromatic heterocycles. The fraction of sp³-hybridized carbons (Fsp3) is 0.556. The molecular formula is C9H12IN3. The van der Waals surface area contributed by atoms with E-state index in [1.165, 1.54) is 6.42 Å². The Kier molecular flexibility index (Phi) is 2.40. The molecule has 13 heavy (non-hydrogen) atoms. The van der Waals surface area contributed by atoms with E-state index >= 15 is 0 Å². The lowest BCUT2D eigenvalue weighted by Crippen LogP contribution is -2.01. The molecule has 0 spiro atoms. The maximum atomic E-state index is 4.47. The molecule has 0 radical (unpaired) electrons. The number of aromatic nitrogens is 2. The van der Waals surface area contributed by atoms with E-state index in [0.717, 1.165) is 21.1 Å². The largest absolute Gasteiger partial charge is 0.372 e. The van der Waals surface area contributed by atoms with Crippen LogP contribution in [0.25, 0.3) is 0 Å². The van der Waals surface area contributed by atoms with Crippen LogP contribution in [0.2, 0.25) is 0 Å². The van der Waals surface area contributed by atoms with Gasteiger partial charge in [-0.05, 0) is 34.9 Å². The minimum Gasteiger partial charge on any atom is -0.372 e. The van der Waals surface area contributed by atoms with E-state index in [1.54, 1.807) is 0 Å². The molecule has 1 aromatic rings. The van der Waals surface area contributed by atoms with Crippen molar-refractivity contribution in [2.24, 2.45) is 5.92 Å². The molecule has 1 aliphatic rings. The second kappa shape index (κ2) is 3.40. The summed E-state index contributed by atoms with van der Waals surface area (Å²) >= 11 is 2.24. The molecule has 1 aliphatic carbocycles. The normalized spacial score (nSPS) is 25.8. The number of hydrogen-bond acceptors (Lipinski definition) is 3. The Balaban J connectivity index is 2.28. The maximum absolute atomic E-state index is 4.47. The van der Waals surface area contributed by atoms with Gasteiger partial charge in [0.15, 0.2) is 0 Å². The van der Waals surface area contributed by atoms with E-state index in [0.29, 0.717) is 5.92 Å². The number of rotatable bonds is 2. The van der Waals surface area contributed by atoms with E-state index in [-0.39, 0.29) is 0 Å². The van der Waals surface area contributed by atoms with Crippen molar-refractivity contribution >= 4 is 28.4 Å². The second-order valence-electron chi connectivity index (χ2n) is 3.49. The highest BCUT2D eigenvalue weighted by molar-refractivity contribution is 14.1. The zero-order valence-electron chi connectivity index (χ0n) is 7.71. The van der Waals surface area contributed by atoms with E-state index in [4.69, 9.17) is 0 Å². The van der Waals surface area contributed by atoms with Crippen molar-refractivity contribution in [2.75, 3.05) is 12.4 Å². The molecular weight excluding hydrogens is 277 g/mol. The van der Waals surface area contributed by atoms with Gasteiger partial charge >= 0.3 is 0 Å². The minimum atomic E-state index is 0.601. The average Bonchev–Trinajstić information content (AvgIpc) is 2.84. The Hall–Kier alpha value is -0.390. The summed E-state index contributed by atoms with van der Waals surface area (Å²) in [5.41, 5.74) is 0. The van der Waals surface area contributed by atoms with E-state index in [1.807, 2.05) is 13.2 Å². The van der Waals surface area contributed by atoms with Crippen molar-refractivity contribution in [3.8, 4) is 0 Å². The summed E-state index contributed by atoms with van der Waals surface area (Å²) in [6.07, 6.45) is 3.13. The van der Waals surface area contributed by atoms with Crippen LogP contribution in [-0.4, -0.2) is 17.0 Å². The number of nitrogens with one attached hydrogen (secondary N) is 1. The van der Waals surface area contributed by atoms with Crippen LogP contribution in [0, 0.1) is 9.49 Å². The first-order valence-corrected chi connectivity index (χ1v) is 5.50. The molecule has 70 valence electrons. The molecule has 1 N–H and O–H groups in total. The zero-order chi connectivity index (χ0) is 9.42. The highest BCUT2D eigenvalue weighted by Gasteiger charge is 2.36. The van der Waals surface area contributed by atoms with Gasteiger partial charge in [-0.15, -0.1) is 0 Å². The Bertz CT molecular complexity index is 327. The molecule has 1 fully saturated rings. The number of anilines is 1. The van der Waals surface area contributed by atoms with Gasteiger partial charge in [-0.3, -0.25) is 0 Å². The van der Waals surface area contributed by atoms with Crippen molar-refractivity contribution in [3.05, 3.63) is 15.6 Å². The Morgan fingerprint density at radius 3 is 2.85 bits per heavy atom. The van der Waals surface area contributed by atoms with Gasteiger partial charge in [-0.1, -0.05) is 6.92 Å². The lowest BCUT2D eigenvalue weighted by molar-refractivity contribution is 0.841. The number of nitrogens with zero attached hydrogens (tertiary/aromatic N) is 2. The summed E-state index contributed by atoms with van der Waals surface area (Å²) in [7, 11) is 1.89. The second-order valence-corrected chi connectivity index (χ2v) is 4.66. The molecule has 2 unspecified atom stereocenters. The molecule has 1 heterocycles. The fourth-order valence-electron chi connectivity index (χ4n) is 1.42. The summed E-state index contributed by atoms with van der Waals surface area (Å²) in [4.78, 5) is 8.81. The first kappa shape index (κ1) is 9.18. The Morgan fingerprint density at radius 2 is 2.31 bits per heavy atom. The van der Waals surface area contributed by atoms with Crippen molar-refractivity contribution in [1.82, 2.24) is 9.97 Å². The number of halogens is 1. The summed E-state index contributed by atoms with van der Waals surface area (Å²) < 4.78 is 1.08. The van der Waals surface area contributed by atoms with E-state index in [9.17, 15) is 0 Å². The zero-order valence-corrected chi connectivity index (χ0v) is 9.87. The van der Waals surface area contributed by atoms with Gasteiger partial charge in [0.1, 0.15) is 11.6 Å². The molecule has 4 heteroatoms. The lowest BCUT2D eigenvalue weighted by atomic mass is 10.3. The minimum absolute atomic E-state index is 0.601. The third-order valence-electron chi connectivity index (χ3n) is 2.44. The lowest BCUT2D eigenvalue weighted by Gasteiger charge is -2.04. The average molecular weight is 289 g/mol. The molecule has 3 nitrogen and oxygen atoms in total. The first-order chi connectivity index (χ1) is 6.22. The van der Waals surface area contributed by atoms with Crippen LogP contribution in [0.15, 0.2) is 6.20 Å². The molecule has 2 atom stereocenters. The first-order valence-electron chi connectivity index (χ1n) is 4.42. The highest BCUT2D eigenvalue weighted by Crippen LogP contribution is 2.45. The summed E-state index contributed by atoms with van der Waals surface area (Å²) in [5, 5.41) is 3.07. The topological polar surface area (TPSA) is 37.8 Å². The smallest absolute Gasteiger partial charge is 0.142 e. The Morgan fingerprint density at radius 1 is 1.62 bits per heavy atom. The molecule has 0 bridgehead atoms. The van der Waals surface area contributed by atoms with Crippen LogP contribution in [0.1, 0.15) is 25.1 Å². The van der Waals surface area contributed by atoms with Gasteiger partial charge in [0, 0.05) is 19.2 Å². The maximum Gasteiger partial charge on any atom is 0.142 e. The van der Waals surface area contributed by atoms with Crippen LogP contribution in [0.4, 0.5) is 5.82 Å². The van der Waals surface area contributed by atoms with E-state index in [2.05, 4.69) is 44.8 Å². The molecule has 0 amide bonds. The monoisotopic (exact) mass is 289 g/mol. The van der Waals surface area contributed by atoms with Crippen molar-refractivity contribution in [3.63, 3.8) is 0 Å². The molecule has 0 aliphatic heterocycles. The van der Waals surface area contributed by atoms with Crippen LogP contribution in [0.3, 0.4) is 0 Å². The third kappa shape index (κ3) is 1.77. The van der Waals surface area contributed by atoms with Gasteiger partial charge in [-0.2, -0.15) is 0 Å². The van der Waals surface area contributed by atoms with E-state index < -0.39 is 0 Å². The van der Waals surface area contributed by atoms with Gasteiger partial charge in [0.2, 0.25) is 0 Å². The van der Waals surface area contributed by atoms with Crippen molar-refractivity contribution in [2.45, 2.75) is 19.3 Å². The fourth-order valence-corrected chi connectivity index (χ4v) is 1.95. The van der Waals surface area contributed by atoms with Crippen molar-refractivity contribution in [1.29, 1.82) is 0 Å². The van der Waals surface area contributed by atoms with Gasteiger partial charge in [0.05, 0.1) is 3.57 Å². The standard InChI is InChI=1S/C9H12IN3/c1-5-3-6(5)8-12-4-7(10)9(11-2)13-8/h4-6H,3H2,1-2H3,(H,11,12,13).